The zero-order valence-electron chi connectivity index (χ0n) is 7.74. The fourth-order valence-corrected chi connectivity index (χ4v) is 1.13. The number of anilines is 1. The summed E-state index contributed by atoms with van der Waals surface area (Å²) in [4.78, 5) is 14.9. The molecule has 4 nitrogen and oxygen atoms in total. The van der Waals surface area contributed by atoms with Crippen LogP contribution in [0, 0.1) is 6.92 Å². The van der Waals surface area contributed by atoms with Crippen molar-refractivity contribution in [1.82, 2.24) is 4.98 Å². The Morgan fingerprint density at radius 3 is 2.69 bits per heavy atom. The van der Waals surface area contributed by atoms with Gasteiger partial charge in [-0.05, 0) is 31.0 Å². The quantitative estimate of drug-likeness (QED) is 0.695. The van der Waals surface area contributed by atoms with Crippen LogP contribution in [0.25, 0.3) is 0 Å². The number of pyridine rings is 1. The van der Waals surface area contributed by atoms with E-state index in [1.165, 1.54) is 6.92 Å². The second-order valence-electron chi connectivity index (χ2n) is 3.05. The Morgan fingerprint density at radius 1 is 1.62 bits per heavy atom. The molecule has 1 aromatic heterocycles. The van der Waals surface area contributed by atoms with Crippen LogP contribution in [0.15, 0.2) is 12.3 Å². The van der Waals surface area contributed by atoms with Crippen LogP contribution in [0.1, 0.15) is 24.1 Å². The molecule has 1 heterocycles. The SMILES string of the molecule is CC(=O)C(N)c1cnc(N)cc1C. The first-order chi connectivity index (χ1) is 6.02. The lowest BCUT2D eigenvalue weighted by atomic mass is 10.0. The maximum Gasteiger partial charge on any atom is 0.151 e. The van der Waals surface area contributed by atoms with Crippen LogP contribution < -0.4 is 11.5 Å². The van der Waals surface area contributed by atoms with E-state index in [-0.39, 0.29) is 5.78 Å². The Balaban J connectivity index is 3.08. The van der Waals surface area contributed by atoms with Gasteiger partial charge in [0.15, 0.2) is 5.78 Å². The number of carbonyl (C=O) groups excluding carboxylic acids is 1. The molecule has 0 amide bonds. The molecule has 1 rings (SSSR count). The number of ketones is 1. The molecule has 4 N–H and O–H groups in total. The second-order valence-corrected chi connectivity index (χ2v) is 3.05. The topological polar surface area (TPSA) is 82.0 Å². The number of carbonyl (C=O) groups is 1. The summed E-state index contributed by atoms with van der Waals surface area (Å²) in [5, 5.41) is 0. The molecule has 0 saturated heterocycles. The predicted molar refractivity (Wildman–Crippen MR) is 51.0 cm³/mol. The van der Waals surface area contributed by atoms with E-state index in [0.29, 0.717) is 5.82 Å². The smallest absolute Gasteiger partial charge is 0.151 e. The summed E-state index contributed by atoms with van der Waals surface area (Å²) in [5.41, 5.74) is 12.8. The normalized spacial score (nSPS) is 12.5. The number of rotatable bonds is 2. The van der Waals surface area contributed by atoms with Gasteiger partial charge < -0.3 is 11.5 Å². The van der Waals surface area contributed by atoms with Crippen LogP contribution in [0.3, 0.4) is 0 Å². The zero-order valence-corrected chi connectivity index (χ0v) is 7.74. The third-order valence-electron chi connectivity index (χ3n) is 1.95. The molecular weight excluding hydrogens is 166 g/mol. The van der Waals surface area contributed by atoms with Gasteiger partial charge in [0.05, 0.1) is 6.04 Å². The fraction of sp³-hybridized carbons (Fsp3) is 0.333. The minimum atomic E-state index is -0.590. The van der Waals surface area contributed by atoms with Gasteiger partial charge in [0.25, 0.3) is 0 Å². The Bertz CT molecular complexity index is 336. The molecule has 0 fully saturated rings. The predicted octanol–water partition coefficient (Wildman–Crippen LogP) is 0.561. The number of aryl methyl sites for hydroxylation is 1. The average Bonchev–Trinajstić information content (AvgIpc) is 2.03. The van der Waals surface area contributed by atoms with Gasteiger partial charge in [-0.25, -0.2) is 4.98 Å². The molecule has 0 radical (unpaired) electrons. The number of hydrogen-bond donors (Lipinski definition) is 2. The largest absolute Gasteiger partial charge is 0.384 e. The Morgan fingerprint density at radius 2 is 2.23 bits per heavy atom. The maximum absolute atomic E-state index is 11.0. The summed E-state index contributed by atoms with van der Waals surface area (Å²) in [6.07, 6.45) is 1.55. The van der Waals surface area contributed by atoms with Crippen molar-refractivity contribution in [3.05, 3.63) is 23.4 Å². The molecule has 1 unspecified atom stereocenters. The van der Waals surface area contributed by atoms with Crippen LogP contribution in [0.4, 0.5) is 5.82 Å². The number of hydrogen-bond acceptors (Lipinski definition) is 4. The summed E-state index contributed by atoms with van der Waals surface area (Å²) < 4.78 is 0. The lowest BCUT2D eigenvalue weighted by Crippen LogP contribution is -2.20. The van der Waals surface area contributed by atoms with Crippen molar-refractivity contribution in [3.8, 4) is 0 Å². The molecule has 70 valence electrons. The average molecular weight is 179 g/mol. The van der Waals surface area contributed by atoms with Crippen molar-refractivity contribution in [2.75, 3.05) is 5.73 Å². The molecule has 0 bridgehead atoms. The maximum atomic E-state index is 11.0. The highest BCUT2D eigenvalue weighted by atomic mass is 16.1. The van der Waals surface area contributed by atoms with Gasteiger partial charge in [-0.2, -0.15) is 0 Å². The molecule has 0 saturated carbocycles. The van der Waals surface area contributed by atoms with Crippen LogP contribution in [0.2, 0.25) is 0 Å². The third-order valence-corrected chi connectivity index (χ3v) is 1.95. The van der Waals surface area contributed by atoms with E-state index in [9.17, 15) is 4.79 Å². The number of nitrogens with zero attached hydrogens (tertiary/aromatic N) is 1. The molecule has 1 atom stereocenters. The van der Waals surface area contributed by atoms with Gasteiger partial charge in [-0.15, -0.1) is 0 Å². The summed E-state index contributed by atoms with van der Waals surface area (Å²) in [5.74, 6) is 0.367. The van der Waals surface area contributed by atoms with Crippen molar-refractivity contribution in [2.24, 2.45) is 5.73 Å². The molecule has 13 heavy (non-hydrogen) atoms. The molecule has 0 aromatic carbocycles. The van der Waals surface area contributed by atoms with Gasteiger partial charge in [-0.3, -0.25) is 4.79 Å². The summed E-state index contributed by atoms with van der Waals surface area (Å²) in [6.45, 7) is 3.32. The van der Waals surface area contributed by atoms with E-state index in [2.05, 4.69) is 4.98 Å². The molecule has 0 spiro atoms. The van der Waals surface area contributed by atoms with Crippen molar-refractivity contribution in [1.29, 1.82) is 0 Å². The van der Waals surface area contributed by atoms with Crippen molar-refractivity contribution >= 4 is 11.6 Å². The van der Waals surface area contributed by atoms with E-state index < -0.39 is 6.04 Å². The molecular formula is C9H13N3O. The molecule has 1 aromatic rings. The number of aromatic nitrogens is 1. The number of nitrogen functional groups attached to an aromatic ring is 1. The van der Waals surface area contributed by atoms with E-state index in [1.807, 2.05) is 6.92 Å². The van der Waals surface area contributed by atoms with Gasteiger partial charge in [0.1, 0.15) is 5.82 Å². The summed E-state index contributed by atoms with van der Waals surface area (Å²) >= 11 is 0. The van der Waals surface area contributed by atoms with E-state index in [1.54, 1.807) is 12.3 Å². The monoisotopic (exact) mass is 179 g/mol. The van der Waals surface area contributed by atoms with Crippen molar-refractivity contribution < 1.29 is 4.79 Å². The Labute approximate surface area is 77.0 Å². The zero-order chi connectivity index (χ0) is 10.0. The molecule has 4 heteroatoms. The van der Waals surface area contributed by atoms with Crippen molar-refractivity contribution in [2.45, 2.75) is 19.9 Å². The number of nitrogens with two attached hydrogens (primary N) is 2. The Hall–Kier alpha value is -1.42. The highest BCUT2D eigenvalue weighted by Gasteiger charge is 2.13. The second kappa shape index (κ2) is 3.53. The van der Waals surface area contributed by atoms with Gasteiger partial charge in [0.2, 0.25) is 0 Å². The Kier molecular flexibility index (Phi) is 2.63. The van der Waals surface area contributed by atoms with E-state index in [4.69, 9.17) is 11.5 Å². The van der Waals surface area contributed by atoms with Crippen LogP contribution >= 0.6 is 0 Å². The van der Waals surface area contributed by atoms with Gasteiger partial charge in [0, 0.05) is 6.20 Å². The summed E-state index contributed by atoms with van der Waals surface area (Å²) in [6, 6.07) is 1.12. The third kappa shape index (κ3) is 2.03. The number of Topliss-reactive ketones (excluding diaryl/α,β-unsaturated/α-hetero) is 1. The van der Waals surface area contributed by atoms with E-state index >= 15 is 0 Å². The fourth-order valence-electron chi connectivity index (χ4n) is 1.13. The first-order valence-electron chi connectivity index (χ1n) is 4.00. The lowest BCUT2D eigenvalue weighted by molar-refractivity contribution is -0.118. The molecule has 0 aliphatic heterocycles. The summed E-state index contributed by atoms with van der Waals surface area (Å²) in [7, 11) is 0. The highest BCUT2D eigenvalue weighted by Crippen LogP contribution is 2.16. The lowest BCUT2D eigenvalue weighted by Gasteiger charge is -2.10. The molecule has 0 aliphatic carbocycles. The standard InChI is InChI=1S/C9H13N3O/c1-5-3-8(10)12-4-7(5)9(11)6(2)13/h3-4,9H,11H2,1-2H3,(H2,10,12). The van der Waals surface area contributed by atoms with Gasteiger partial charge in [-0.1, -0.05) is 0 Å². The first kappa shape index (κ1) is 9.67. The van der Waals surface area contributed by atoms with Crippen LogP contribution in [-0.4, -0.2) is 10.8 Å². The first-order valence-corrected chi connectivity index (χ1v) is 4.00. The van der Waals surface area contributed by atoms with Crippen LogP contribution in [-0.2, 0) is 4.79 Å². The highest BCUT2D eigenvalue weighted by molar-refractivity contribution is 5.83. The molecule has 0 aliphatic rings. The van der Waals surface area contributed by atoms with E-state index in [0.717, 1.165) is 11.1 Å². The minimum absolute atomic E-state index is 0.0744. The minimum Gasteiger partial charge on any atom is -0.384 e. The van der Waals surface area contributed by atoms with Crippen LogP contribution in [0.5, 0.6) is 0 Å². The van der Waals surface area contributed by atoms with Crippen molar-refractivity contribution in [3.63, 3.8) is 0 Å². The van der Waals surface area contributed by atoms with Gasteiger partial charge >= 0.3 is 0 Å².